The highest BCUT2D eigenvalue weighted by Gasteiger charge is 2.34. The van der Waals surface area contributed by atoms with Gasteiger partial charge >= 0.3 is 6.03 Å². The Morgan fingerprint density at radius 1 is 1.52 bits per heavy atom. The molecule has 1 aliphatic rings. The van der Waals surface area contributed by atoms with Crippen LogP contribution in [0.2, 0.25) is 0 Å². The molecule has 0 spiro atoms. The predicted molar refractivity (Wildman–Crippen MR) is 92.2 cm³/mol. The zero-order valence-electron chi connectivity index (χ0n) is 14.4. The van der Waals surface area contributed by atoms with Gasteiger partial charge in [0.15, 0.2) is 0 Å². The van der Waals surface area contributed by atoms with Gasteiger partial charge in [0.25, 0.3) is 0 Å². The molecule has 2 N–H and O–H groups in total. The monoisotopic (exact) mass is 351 g/mol. The molecule has 0 aromatic heterocycles. The summed E-state index contributed by atoms with van der Waals surface area (Å²) in [7, 11) is 1.44. The molecule has 1 heterocycles. The first-order chi connectivity index (χ1) is 11.8. The van der Waals surface area contributed by atoms with E-state index in [1.165, 1.54) is 24.1 Å². The van der Waals surface area contributed by atoms with E-state index in [0.717, 1.165) is 0 Å². The fourth-order valence-electron chi connectivity index (χ4n) is 2.82. The fourth-order valence-corrected chi connectivity index (χ4v) is 2.82. The molecule has 0 radical (unpaired) electrons. The molecule has 1 saturated heterocycles. The molecule has 1 aromatic rings. The number of nitrogens with one attached hydrogen (secondary N) is 2. The van der Waals surface area contributed by atoms with E-state index in [1.807, 2.05) is 0 Å². The topological polar surface area (TPSA) is 65.4 Å². The van der Waals surface area contributed by atoms with Crippen molar-refractivity contribution >= 4 is 11.9 Å². The van der Waals surface area contributed by atoms with Gasteiger partial charge in [-0.25, -0.2) is 13.6 Å². The Labute approximate surface area is 146 Å². The Bertz CT molecular complexity index is 678. The molecular formula is C18H23F2N3O2. The van der Waals surface area contributed by atoms with Gasteiger partial charge in [-0.15, -0.1) is 0 Å². The number of likely N-dealkylation sites (tertiary alicyclic amines) is 1. The number of alkyl halides is 1. The molecule has 0 bridgehead atoms. The molecule has 0 saturated carbocycles. The van der Waals surface area contributed by atoms with Crippen molar-refractivity contribution in [2.45, 2.75) is 38.4 Å². The first-order valence-electron chi connectivity index (χ1n) is 8.12. The lowest BCUT2D eigenvalue weighted by atomic mass is 10.0. The number of allylic oxidation sites excluding steroid dienone is 1. The Hall–Kier alpha value is -2.44. The standard InChI is InChI=1S/C18H23F2N3O2/c1-11(2)15(20)6-7-22-18(24)23-16(4-5-17(23)21)12-8-13(19)10-14(9-12)25-3/h8-10,15-16,21H,1,4-7H2,2-3H3,(H,22,24). The Morgan fingerprint density at radius 3 is 2.88 bits per heavy atom. The molecule has 25 heavy (non-hydrogen) atoms. The number of nitrogens with zero attached hydrogens (tertiary/aromatic N) is 1. The average molecular weight is 351 g/mol. The maximum Gasteiger partial charge on any atom is 0.323 e. The van der Waals surface area contributed by atoms with Crippen LogP contribution in [-0.4, -0.2) is 36.6 Å². The van der Waals surface area contributed by atoms with Crippen LogP contribution >= 0.6 is 0 Å². The van der Waals surface area contributed by atoms with E-state index in [-0.39, 0.29) is 18.8 Å². The quantitative estimate of drug-likeness (QED) is 0.762. The lowest BCUT2D eigenvalue weighted by molar-refractivity contribution is 0.210. The van der Waals surface area contributed by atoms with Crippen molar-refractivity contribution in [3.63, 3.8) is 0 Å². The number of halogens is 2. The number of benzene rings is 1. The Balaban J connectivity index is 2.09. The van der Waals surface area contributed by atoms with Crippen molar-refractivity contribution in [3.8, 4) is 5.75 Å². The van der Waals surface area contributed by atoms with E-state index in [9.17, 15) is 13.6 Å². The van der Waals surface area contributed by atoms with Crippen molar-refractivity contribution in [1.82, 2.24) is 10.2 Å². The highest BCUT2D eigenvalue weighted by molar-refractivity contribution is 5.98. The van der Waals surface area contributed by atoms with Gasteiger partial charge in [-0.1, -0.05) is 6.58 Å². The number of amidine groups is 1. The van der Waals surface area contributed by atoms with Crippen LogP contribution < -0.4 is 10.1 Å². The highest BCUT2D eigenvalue weighted by Crippen LogP contribution is 2.35. The summed E-state index contributed by atoms with van der Waals surface area (Å²) in [5, 5.41) is 10.6. The van der Waals surface area contributed by atoms with Gasteiger partial charge in [0.1, 0.15) is 23.6 Å². The number of ether oxygens (including phenoxy) is 1. The van der Waals surface area contributed by atoms with Gasteiger partial charge in [-0.2, -0.15) is 0 Å². The SMILES string of the molecule is C=C(C)C(F)CCNC(=O)N1C(=N)CCC1c1cc(F)cc(OC)c1. The van der Waals surface area contributed by atoms with Crippen LogP contribution in [-0.2, 0) is 0 Å². The van der Waals surface area contributed by atoms with E-state index < -0.39 is 24.1 Å². The smallest absolute Gasteiger partial charge is 0.323 e. The minimum absolute atomic E-state index is 0.126. The average Bonchev–Trinajstić information content (AvgIpc) is 2.95. The number of carbonyl (C=O) groups excluding carboxylic acids is 1. The molecule has 1 aliphatic heterocycles. The maximum absolute atomic E-state index is 13.8. The summed E-state index contributed by atoms with van der Waals surface area (Å²) in [5.74, 6) is 0.0489. The van der Waals surface area contributed by atoms with Crippen LogP contribution in [0, 0.1) is 11.2 Å². The second kappa shape index (κ2) is 8.09. The van der Waals surface area contributed by atoms with E-state index in [2.05, 4.69) is 11.9 Å². The summed E-state index contributed by atoms with van der Waals surface area (Å²) in [4.78, 5) is 13.7. The van der Waals surface area contributed by atoms with Crippen molar-refractivity contribution in [2.75, 3.05) is 13.7 Å². The fraction of sp³-hybridized carbons (Fsp3) is 0.444. The molecule has 0 aliphatic carbocycles. The van der Waals surface area contributed by atoms with Gasteiger partial charge in [0.05, 0.1) is 13.2 Å². The van der Waals surface area contributed by atoms with Gasteiger partial charge in [0.2, 0.25) is 0 Å². The molecule has 1 fully saturated rings. The molecule has 2 amide bonds. The van der Waals surface area contributed by atoms with Crippen molar-refractivity contribution < 1.29 is 18.3 Å². The van der Waals surface area contributed by atoms with Crippen LogP contribution in [0.4, 0.5) is 13.6 Å². The van der Waals surface area contributed by atoms with Crippen LogP contribution in [0.3, 0.4) is 0 Å². The van der Waals surface area contributed by atoms with E-state index >= 15 is 0 Å². The molecular weight excluding hydrogens is 328 g/mol. The summed E-state index contributed by atoms with van der Waals surface area (Å²) >= 11 is 0. The lowest BCUT2D eigenvalue weighted by Crippen LogP contribution is -2.42. The molecule has 2 rings (SSSR count). The first kappa shape index (κ1) is 18.9. The molecule has 5 nitrogen and oxygen atoms in total. The number of carbonyl (C=O) groups is 1. The zero-order chi connectivity index (χ0) is 18.6. The molecule has 7 heteroatoms. The second-order valence-electron chi connectivity index (χ2n) is 6.13. The van der Waals surface area contributed by atoms with Crippen molar-refractivity contribution in [1.29, 1.82) is 5.41 Å². The van der Waals surface area contributed by atoms with E-state index in [1.54, 1.807) is 13.0 Å². The molecule has 1 aromatic carbocycles. The maximum atomic E-state index is 13.8. The van der Waals surface area contributed by atoms with Crippen LogP contribution in [0.1, 0.15) is 37.8 Å². The third-order valence-electron chi connectivity index (χ3n) is 4.20. The van der Waals surface area contributed by atoms with E-state index in [4.69, 9.17) is 10.1 Å². The normalized spacial score (nSPS) is 18.2. The minimum Gasteiger partial charge on any atom is -0.497 e. The van der Waals surface area contributed by atoms with Crippen LogP contribution in [0.5, 0.6) is 5.75 Å². The minimum atomic E-state index is -1.18. The summed E-state index contributed by atoms with van der Waals surface area (Å²) in [6, 6.07) is 3.33. The number of urea groups is 1. The van der Waals surface area contributed by atoms with Crippen LogP contribution in [0.15, 0.2) is 30.4 Å². The third-order valence-corrected chi connectivity index (χ3v) is 4.20. The van der Waals surface area contributed by atoms with Crippen LogP contribution in [0.25, 0.3) is 0 Å². The Morgan fingerprint density at radius 2 is 2.24 bits per heavy atom. The summed E-state index contributed by atoms with van der Waals surface area (Å²) in [6.07, 6.45) is -0.118. The highest BCUT2D eigenvalue weighted by atomic mass is 19.1. The number of rotatable bonds is 6. The van der Waals surface area contributed by atoms with Gasteiger partial charge in [-0.05, 0) is 43.0 Å². The molecule has 2 atom stereocenters. The molecule has 136 valence electrons. The van der Waals surface area contributed by atoms with Crippen molar-refractivity contribution in [3.05, 3.63) is 41.7 Å². The second-order valence-corrected chi connectivity index (χ2v) is 6.13. The predicted octanol–water partition coefficient (Wildman–Crippen LogP) is 3.96. The number of methoxy groups -OCH3 is 1. The van der Waals surface area contributed by atoms with Gasteiger partial charge in [0, 0.05) is 19.0 Å². The lowest BCUT2D eigenvalue weighted by Gasteiger charge is -2.25. The summed E-state index contributed by atoms with van der Waals surface area (Å²) in [6.45, 7) is 5.27. The van der Waals surface area contributed by atoms with Gasteiger partial charge < -0.3 is 10.1 Å². The Kier molecular flexibility index (Phi) is 6.12. The number of amides is 2. The van der Waals surface area contributed by atoms with Gasteiger partial charge in [-0.3, -0.25) is 10.3 Å². The summed E-state index contributed by atoms with van der Waals surface area (Å²) in [5.41, 5.74) is 0.979. The number of hydrogen-bond donors (Lipinski definition) is 2. The largest absolute Gasteiger partial charge is 0.497 e. The first-order valence-corrected chi connectivity index (χ1v) is 8.12. The third kappa shape index (κ3) is 4.55. The molecule has 2 unspecified atom stereocenters. The summed E-state index contributed by atoms with van der Waals surface area (Å²) < 4.78 is 32.4. The number of hydrogen-bond acceptors (Lipinski definition) is 3. The van der Waals surface area contributed by atoms with Crippen molar-refractivity contribution in [2.24, 2.45) is 0 Å². The van der Waals surface area contributed by atoms with E-state index in [0.29, 0.717) is 29.7 Å². The zero-order valence-corrected chi connectivity index (χ0v) is 14.4.